The summed E-state index contributed by atoms with van der Waals surface area (Å²) in [5.41, 5.74) is 11.1. The maximum atomic E-state index is 17.3. The van der Waals surface area contributed by atoms with Gasteiger partial charge in [-0.05, 0) is 99.1 Å². The third kappa shape index (κ3) is 4.66. The fourth-order valence-corrected chi connectivity index (χ4v) is 9.28. The Bertz CT molecular complexity index is 2090. The Kier molecular flexibility index (Phi) is 7.49. The average Bonchev–Trinajstić information content (AvgIpc) is 3.93. The van der Waals surface area contributed by atoms with E-state index < -0.39 is 5.82 Å². The molecule has 2 aromatic carbocycles. The van der Waals surface area contributed by atoms with E-state index in [-0.39, 0.29) is 52.3 Å². The lowest BCUT2D eigenvalue weighted by Gasteiger charge is -2.46. The van der Waals surface area contributed by atoms with Gasteiger partial charge < -0.3 is 15.2 Å². The van der Waals surface area contributed by atoms with Gasteiger partial charge in [-0.1, -0.05) is 55.8 Å². The summed E-state index contributed by atoms with van der Waals surface area (Å²) < 4.78 is 19.7. The molecule has 1 aliphatic heterocycles. The Morgan fingerprint density at radius 3 is 2.65 bits per heavy atom. The number of piperidine rings is 1. The van der Waals surface area contributed by atoms with Crippen LogP contribution in [0.15, 0.2) is 36.9 Å². The van der Waals surface area contributed by atoms with Crippen LogP contribution >= 0.6 is 23.2 Å². The summed E-state index contributed by atoms with van der Waals surface area (Å²) in [5.74, 6) is 0.868. The van der Waals surface area contributed by atoms with Gasteiger partial charge in [0, 0.05) is 51.5 Å². The molecule has 6 nitrogen and oxygen atoms in total. The number of nitriles is 1. The van der Waals surface area contributed by atoms with Crippen molar-refractivity contribution in [1.29, 1.82) is 5.26 Å². The van der Waals surface area contributed by atoms with Crippen LogP contribution in [0.2, 0.25) is 10.0 Å². The molecule has 48 heavy (non-hydrogen) atoms. The van der Waals surface area contributed by atoms with E-state index in [4.69, 9.17) is 33.9 Å². The van der Waals surface area contributed by atoms with E-state index in [1.165, 1.54) is 0 Å². The minimum absolute atomic E-state index is 0.0715. The van der Waals surface area contributed by atoms with Crippen molar-refractivity contribution < 1.29 is 9.18 Å². The highest BCUT2D eigenvalue weighted by molar-refractivity contribution is 6.43. The van der Waals surface area contributed by atoms with Gasteiger partial charge >= 0.3 is 0 Å². The number of halogens is 3. The summed E-state index contributed by atoms with van der Waals surface area (Å²) in [6.45, 7) is 11.1. The lowest BCUT2D eigenvalue weighted by Crippen LogP contribution is -2.43. The summed E-state index contributed by atoms with van der Waals surface area (Å²) in [7, 11) is 0. The number of nitrogens with two attached hydrogens (primary N) is 1. The first-order chi connectivity index (χ1) is 23.0. The van der Waals surface area contributed by atoms with Gasteiger partial charge in [-0.15, -0.1) is 0 Å². The van der Waals surface area contributed by atoms with E-state index in [0.29, 0.717) is 57.6 Å². The number of nitrogens with zero attached hydrogens (tertiary/aromatic N) is 4. The maximum Gasteiger partial charge on any atom is 0.229 e. The molecule has 4 aliphatic rings. The highest BCUT2D eigenvalue weighted by Crippen LogP contribution is 2.60. The zero-order chi connectivity index (χ0) is 33.8. The van der Waals surface area contributed by atoms with Crippen LogP contribution in [0.5, 0.6) is 0 Å². The Balaban J connectivity index is 1.45. The number of rotatable bonds is 8. The Morgan fingerprint density at radius 2 is 1.98 bits per heavy atom. The maximum absolute atomic E-state index is 17.3. The topological polar surface area (TPSA) is 87.9 Å². The Labute approximate surface area is 290 Å². The number of allylic oxidation sites excluding steroid dienone is 1. The van der Waals surface area contributed by atoms with E-state index >= 15 is 4.39 Å². The van der Waals surface area contributed by atoms with Gasteiger partial charge in [0.05, 0.1) is 33.4 Å². The minimum Gasteiger partial charge on any atom is -0.338 e. The average molecular weight is 685 g/mol. The van der Waals surface area contributed by atoms with Gasteiger partial charge in [0.25, 0.3) is 0 Å². The van der Waals surface area contributed by atoms with Crippen molar-refractivity contribution in [2.45, 2.75) is 83.8 Å². The number of amides is 1. The molecule has 0 bridgehead atoms. The normalized spacial score (nSPS) is 26.8. The second-order valence-electron chi connectivity index (χ2n) is 15.1. The van der Waals surface area contributed by atoms with Crippen LogP contribution < -0.4 is 5.73 Å². The SMILES string of the molecule is C=C(C)c1nc2c(F)c(-c3cccc(Cl)c3Cl)c(CCC#N)cc2c2c1cc([C@H]1C[C@H]3C[C@H]3N1C(=O)C1(C)CC1)n2[C@H]1[C@@H](CN)C[C@@H]1C. The summed E-state index contributed by atoms with van der Waals surface area (Å²) in [6, 6.07) is 11.9. The lowest BCUT2D eigenvalue weighted by molar-refractivity contribution is -0.138. The van der Waals surface area contributed by atoms with Crippen LogP contribution in [0, 0.1) is 40.3 Å². The van der Waals surface area contributed by atoms with Crippen LogP contribution in [-0.2, 0) is 11.2 Å². The van der Waals surface area contributed by atoms with E-state index in [0.717, 1.165) is 54.3 Å². The number of carbonyl (C=O) groups excluding carboxylic acids is 1. The fraction of sp³-hybridized carbons (Fsp3) is 0.462. The monoisotopic (exact) mass is 683 g/mol. The zero-order valence-corrected chi connectivity index (χ0v) is 29.1. The quantitative estimate of drug-likeness (QED) is 0.200. The van der Waals surface area contributed by atoms with Gasteiger partial charge in [0.1, 0.15) is 5.52 Å². The molecule has 248 valence electrons. The van der Waals surface area contributed by atoms with Crippen LogP contribution in [0.1, 0.15) is 88.3 Å². The number of carbonyl (C=O) groups is 1. The molecule has 2 aromatic heterocycles. The number of fused-ring (bicyclic) bond motifs is 4. The van der Waals surface area contributed by atoms with Gasteiger partial charge in [-0.2, -0.15) is 5.26 Å². The van der Waals surface area contributed by atoms with Gasteiger partial charge in [0.2, 0.25) is 5.91 Å². The molecule has 3 saturated carbocycles. The highest BCUT2D eigenvalue weighted by atomic mass is 35.5. The molecule has 0 unspecified atom stereocenters. The molecule has 0 spiro atoms. The van der Waals surface area contributed by atoms with Crippen molar-refractivity contribution in [2.24, 2.45) is 28.9 Å². The van der Waals surface area contributed by atoms with Crippen LogP contribution in [-0.4, -0.2) is 32.9 Å². The van der Waals surface area contributed by atoms with Gasteiger partial charge in [0.15, 0.2) is 5.82 Å². The van der Waals surface area contributed by atoms with Gasteiger partial charge in [-0.3, -0.25) is 4.79 Å². The zero-order valence-electron chi connectivity index (χ0n) is 27.6. The summed E-state index contributed by atoms with van der Waals surface area (Å²) in [6.07, 6.45) is 5.39. The van der Waals surface area contributed by atoms with Crippen molar-refractivity contribution in [3.8, 4) is 17.2 Å². The van der Waals surface area contributed by atoms with Crippen molar-refractivity contribution in [3.05, 3.63) is 69.7 Å². The van der Waals surface area contributed by atoms with E-state index in [1.807, 2.05) is 13.0 Å². The predicted molar refractivity (Wildman–Crippen MR) is 190 cm³/mol. The number of aryl methyl sites for hydroxylation is 1. The summed E-state index contributed by atoms with van der Waals surface area (Å²) in [5, 5.41) is 11.8. The minimum atomic E-state index is -0.499. The molecular formula is C39H40Cl2FN5O. The third-order valence-electron chi connectivity index (χ3n) is 11.8. The number of hydrogen-bond donors (Lipinski definition) is 1. The van der Waals surface area contributed by atoms with Crippen molar-refractivity contribution >= 4 is 56.5 Å². The second-order valence-corrected chi connectivity index (χ2v) is 15.9. The molecular weight excluding hydrogens is 644 g/mol. The van der Waals surface area contributed by atoms with E-state index in [2.05, 4.69) is 42.0 Å². The lowest BCUT2D eigenvalue weighted by atomic mass is 9.70. The number of aromatic nitrogens is 2. The molecule has 9 heteroatoms. The predicted octanol–water partition coefficient (Wildman–Crippen LogP) is 9.41. The van der Waals surface area contributed by atoms with Crippen LogP contribution in [0.25, 0.3) is 38.5 Å². The van der Waals surface area contributed by atoms with Crippen molar-refractivity contribution in [1.82, 2.24) is 14.5 Å². The largest absolute Gasteiger partial charge is 0.338 e. The Hall–Kier alpha value is -3.44. The van der Waals surface area contributed by atoms with E-state index in [9.17, 15) is 10.1 Å². The first kappa shape index (κ1) is 31.8. The molecule has 0 radical (unpaired) electrons. The molecule has 6 atom stereocenters. The molecule has 3 heterocycles. The van der Waals surface area contributed by atoms with Crippen molar-refractivity contribution in [3.63, 3.8) is 0 Å². The first-order valence-corrected chi connectivity index (χ1v) is 17.9. The van der Waals surface area contributed by atoms with Gasteiger partial charge in [-0.25, -0.2) is 9.37 Å². The fourth-order valence-electron chi connectivity index (χ4n) is 8.88. The summed E-state index contributed by atoms with van der Waals surface area (Å²) in [4.78, 5) is 21.3. The molecule has 2 N–H and O–H groups in total. The molecule has 4 fully saturated rings. The molecule has 3 aliphatic carbocycles. The van der Waals surface area contributed by atoms with Crippen LogP contribution in [0.4, 0.5) is 4.39 Å². The summed E-state index contributed by atoms with van der Waals surface area (Å²) >= 11 is 13.1. The number of benzene rings is 2. The highest BCUT2D eigenvalue weighted by Gasteiger charge is 2.60. The standard InChI is InChI=1S/C39H40Cl2FN5O/c1-19(2)34-26-17-30(29-16-22-15-28(22)46(29)38(48)39(4)10-11-39)47(36-20(3)13-23(36)18-44)37(26)25-14-21(7-6-12-43)31(33(42)35(25)45-34)24-8-5-9-27(40)32(24)41/h5,8-9,14,17,20,22-23,28-29,36H,1,6-7,10-11,13,15-16,18,44H2,2-4H3/t20-,22+,23+,28+,29+,36+/m0/s1. The van der Waals surface area contributed by atoms with Crippen LogP contribution in [0.3, 0.4) is 0 Å². The van der Waals surface area contributed by atoms with Crippen molar-refractivity contribution in [2.75, 3.05) is 6.54 Å². The molecule has 4 aromatic rings. The molecule has 1 amide bonds. The molecule has 8 rings (SSSR count). The number of hydrogen-bond acceptors (Lipinski definition) is 4. The number of likely N-dealkylation sites (tertiary alicyclic amines) is 1. The Morgan fingerprint density at radius 1 is 1.21 bits per heavy atom. The second kappa shape index (κ2) is 11.3. The third-order valence-corrected chi connectivity index (χ3v) is 12.6. The smallest absolute Gasteiger partial charge is 0.229 e. The van der Waals surface area contributed by atoms with E-state index in [1.54, 1.807) is 18.2 Å². The molecule has 1 saturated heterocycles. The number of pyridine rings is 1. The first-order valence-electron chi connectivity index (χ1n) is 17.2.